The summed E-state index contributed by atoms with van der Waals surface area (Å²) in [5, 5.41) is 5.11. The maximum atomic E-state index is 12.6. The molecule has 0 fully saturated rings. The van der Waals surface area contributed by atoms with Crippen LogP contribution >= 0.6 is 11.3 Å². The minimum absolute atomic E-state index is 0.0821. The molecule has 4 nitrogen and oxygen atoms in total. The van der Waals surface area contributed by atoms with Gasteiger partial charge >= 0.3 is 0 Å². The monoisotopic (exact) mass is 332 g/mol. The maximum absolute atomic E-state index is 12.6. The summed E-state index contributed by atoms with van der Waals surface area (Å²) >= 11 is 1.50. The second-order valence-corrected chi connectivity index (χ2v) is 9.24. The van der Waals surface area contributed by atoms with Crippen molar-refractivity contribution in [3.63, 3.8) is 0 Å². The van der Waals surface area contributed by atoms with Crippen LogP contribution in [-0.4, -0.2) is 21.5 Å². The number of aryl methyl sites for hydroxylation is 1. The van der Waals surface area contributed by atoms with E-state index in [1.165, 1.54) is 11.3 Å². The lowest BCUT2D eigenvalue weighted by molar-refractivity contribution is 0.263. The van der Waals surface area contributed by atoms with Crippen molar-refractivity contribution < 1.29 is 8.42 Å². The highest BCUT2D eigenvalue weighted by Crippen LogP contribution is 2.28. The summed E-state index contributed by atoms with van der Waals surface area (Å²) in [6, 6.07) is 0. The van der Waals surface area contributed by atoms with Crippen LogP contribution in [0.25, 0.3) is 0 Å². The van der Waals surface area contributed by atoms with E-state index in [1.54, 1.807) is 0 Å². The van der Waals surface area contributed by atoms with Gasteiger partial charge in [-0.25, -0.2) is 13.1 Å². The van der Waals surface area contributed by atoms with Gasteiger partial charge in [-0.05, 0) is 35.7 Å². The fourth-order valence-electron chi connectivity index (χ4n) is 1.82. The molecular formula is C15H28N2O2S2. The molecule has 0 aliphatic heterocycles. The predicted octanol–water partition coefficient (Wildman–Crippen LogP) is 3.13. The van der Waals surface area contributed by atoms with Crippen LogP contribution in [0.5, 0.6) is 0 Å². The molecule has 0 saturated heterocycles. The van der Waals surface area contributed by atoms with Gasteiger partial charge in [0.25, 0.3) is 0 Å². The molecule has 1 unspecified atom stereocenters. The fourth-order valence-corrected chi connectivity index (χ4v) is 4.73. The molecule has 0 aliphatic rings. The van der Waals surface area contributed by atoms with Gasteiger partial charge in [0, 0.05) is 18.0 Å². The molecule has 0 amide bonds. The van der Waals surface area contributed by atoms with Crippen LogP contribution in [0.15, 0.2) is 10.3 Å². The zero-order valence-electron chi connectivity index (χ0n) is 13.9. The molecule has 2 N–H and O–H groups in total. The smallest absolute Gasteiger partial charge is 0.241 e. The van der Waals surface area contributed by atoms with Crippen molar-refractivity contribution in [3.05, 3.63) is 15.8 Å². The van der Waals surface area contributed by atoms with Gasteiger partial charge in [-0.2, -0.15) is 0 Å². The van der Waals surface area contributed by atoms with E-state index in [0.29, 0.717) is 18.0 Å². The average Bonchev–Trinajstić information content (AvgIpc) is 2.74. The molecule has 0 bridgehead atoms. The highest BCUT2D eigenvalue weighted by molar-refractivity contribution is 7.89. The lowest BCUT2D eigenvalue weighted by atomic mass is 9.82. The molecule has 122 valence electrons. The van der Waals surface area contributed by atoms with Crippen molar-refractivity contribution in [2.75, 3.05) is 13.1 Å². The van der Waals surface area contributed by atoms with Gasteiger partial charge in [0.15, 0.2) is 0 Å². The Morgan fingerprint density at radius 2 is 1.95 bits per heavy atom. The highest BCUT2D eigenvalue weighted by atomic mass is 32.2. The summed E-state index contributed by atoms with van der Waals surface area (Å²) in [7, 11) is -3.44. The SMILES string of the molecule is CCNCc1scc(C)c1S(=O)(=O)NCC(C)C(C)(C)C. The summed E-state index contributed by atoms with van der Waals surface area (Å²) in [4.78, 5) is 1.33. The maximum Gasteiger partial charge on any atom is 0.241 e. The summed E-state index contributed by atoms with van der Waals surface area (Å²) in [6.07, 6.45) is 0. The molecule has 0 radical (unpaired) electrons. The summed E-state index contributed by atoms with van der Waals surface area (Å²) < 4.78 is 28.0. The molecule has 0 spiro atoms. The Morgan fingerprint density at radius 1 is 1.33 bits per heavy atom. The molecule has 1 heterocycles. The molecule has 1 aromatic heterocycles. The third-order valence-electron chi connectivity index (χ3n) is 3.85. The first kappa shape index (κ1) is 18.6. The van der Waals surface area contributed by atoms with Crippen LogP contribution in [0, 0.1) is 18.3 Å². The van der Waals surface area contributed by atoms with E-state index in [0.717, 1.165) is 17.0 Å². The molecule has 1 rings (SSSR count). The predicted molar refractivity (Wildman–Crippen MR) is 90.2 cm³/mol. The molecule has 0 aliphatic carbocycles. The summed E-state index contributed by atoms with van der Waals surface area (Å²) in [5.41, 5.74) is 0.905. The number of thiophene rings is 1. The highest BCUT2D eigenvalue weighted by Gasteiger charge is 2.26. The van der Waals surface area contributed by atoms with Crippen LogP contribution in [0.2, 0.25) is 0 Å². The Labute approximate surface area is 133 Å². The van der Waals surface area contributed by atoms with E-state index in [1.807, 2.05) is 19.2 Å². The van der Waals surface area contributed by atoms with Crippen molar-refractivity contribution in [2.24, 2.45) is 11.3 Å². The van der Waals surface area contributed by atoms with Crippen LogP contribution in [-0.2, 0) is 16.6 Å². The first-order chi connectivity index (χ1) is 9.59. The van der Waals surface area contributed by atoms with Gasteiger partial charge in [0.05, 0.1) is 0 Å². The fraction of sp³-hybridized carbons (Fsp3) is 0.733. The molecule has 6 heteroatoms. The second kappa shape index (κ2) is 7.22. The topological polar surface area (TPSA) is 58.2 Å². The molecular weight excluding hydrogens is 304 g/mol. The molecule has 1 aromatic rings. The van der Waals surface area contributed by atoms with E-state index in [9.17, 15) is 8.42 Å². The molecule has 0 saturated carbocycles. The largest absolute Gasteiger partial charge is 0.312 e. The second-order valence-electron chi connectivity index (χ2n) is 6.57. The van der Waals surface area contributed by atoms with Gasteiger partial charge in [0.2, 0.25) is 10.0 Å². The third-order valence-corrected chi connectivity index (χ3v) is 6.74. The van der Waals surface area contributed by atoms with Crippen LogP contribution in [0.3, 0.4) is 0 Å². The van der Waals surface area contributed by atoms with Gasteiger partial charge in [-0.15, -0.1) is 11.3 Å². The minimum atomic E-state index is -3.44. The van der Waals surface area contributed by atoms with Crippen molar-refractivity contribution >= 4 is 21.4 Å². The lowest BCUT2D eigenvalue weighted by Gasteiger charge is -2.27. The van der Waals surface area contributed by atoms with Gasteiger partial charge in [-0.1, -0.05) is 34.6 Å². The summed E-state index contributed by atoms with van der Waals surface area (Å²) in [6.45, 7) is 14.2. The van der Waals surface area contributed by atoms with Crippen LogP contribution in [0.1, 0.15) is 45.1 Å². The van der Waals surface area contributed by atoms with E-state index in [4.69, 9.17) is 0 Å². The normalized spacial score (nSPS) is 14.4. The number of hydrogen-bond donors (Lipinski definition) is 2. The van der Waals surface area contributed by atoms with Gasteiger partial charge in [0.1, 0.15) is 4.90 Å². The molecule has 21 heavy (non-hydrogen) atoms. The van der Waals surface area contributed by atoms with Crippen molar-refractivity contribution in [1.82, 2.24) is 10.0 Å². The number of nitrogens with one attached hydrogen (secondary N) is 2. The van der Waals surface area contributed by atoms with Gasteiger partial charge in [-0.3, -0.25) is 0 Å². The summed E-state index contributed by atoms with van der Waals surface area (Å²) in [5.74, 6) is 0.267. The Kier molecular flexibility index (Phi) is 6.40. The van der Waals surface area contributed by atoms with Gasteiger partial charge < -0.3 is 5.32 Å². The third kappa shape index (κ3) is 5.06. The van der Waals surface area contributed by atoms with E-state index in [-0.39, 0.29) is 11.3 Å². The standard InChI is InChI=1S/C15H28N2O2S2/c1-7-16-9-13-14(11(2)10-20-13)21(18,19)17-8-12(3)15(4,5)6/h10,12,16-17H,7-9H2,1-6H3. The zero-order valence-corrected chi connectivity index (χ0v) is 15.5. The van der Waals surface area contributed by atoms with E-state index < -0.39 is 10.0 Å². The molecule has 0 aromatic carbocycles. The minimum Gasteiger partial charge on any atom is -0.312 e. The first-order valence-corrected chi connectivity index (χ1v) is 9.73. The Hall–Kier alpha value is -0.430. The van der Waals surface area contributed by atoms with E-state index >= 15 is 0 Å². The molecule has 1 atom stereocenters. The van der Waals surface area contributed by atoms with Crippen LogP contribution in [0.4, 0.5) is 0 Å². The lowest BCUT2D eigenvalue weighted by Crippen LogP contribution is -2.34. The number of hydrogen-bond acceptors (Lipinski definition) is 4. The van der Waals surface area contributed by atoms with Crippen molar-refractivity contribution in [1.29, 1.82) is 0 Å². The number of sulfonamides is 1. The number of rotatable bonds is 7. The van der Waals surface area contributed by atoms with Crippen molar-refractivity contribution in [2.45, 2.75) is 53.0 Å². The van der Waals surface area contributed by atoms with Crippen molar-refractivity contribution in [3.8, 4) is 0 Å². The first-order valence-electron chi connectivity index (χ1n) is 7.37. The van der Waals surface area contributed by atoms with E-state index in [2.05, 4.69) is 37.7 Å². The zero-order chi connectivity index (χ0) is 16.3. The quantitative estimate of drug-likeness (QED) is 0.806. The Balaban J connectivity index is 2.90. The average molecular weight is 333 g/mol. The van der Waals surface area contributed by atoms with Crippen LogP contribution < -0.4 is 10.0 Å². The Morgan fingerprint density at radius 3 is 2.48 bits per heavy atom. The Bertz CT molecular complexity index is 557.